The van der Waals surface area contributed by atoms with Crippen LogP contribution in [0.2, 0.25) is 0 Å². The highest BCUT2D eigenvalue weighted by Gasteiger charge is 2.04. The van der Waals surface area contributed by atoms with E-state index < -0.39 is 0 Å². The maximum atomic E-state index is 5.27. The highest BCUT2D eigenvalue weighted by molar-refractivity contribution is 5.90. The first-order valence-corrected chi connectivity index (χ1v) is 8.10. The lowest BCUT2D eigenvalue weighted by atomic mass is 9.96. The van der Waals surface area contributed by atoms with Gasteiger partial charge < -0.3 is 4.74 Å². The molecule has 0 unspecified atom stereocenters. The van der Waals surface area contributed by atoms with Gasteiger partial charge in [0.05, 0.1) is 7.11 Å². The first kappa shape index (κ1) is 18.8. The minimum Gasteiger partial charge on any atom is -0.497 e. The largest absolute Gasteiger partial charge is 0.497 e. The van der Waals surface area contributed by atoms with Gasteiger partial charge in [0.2, 0.25) is 0 Å². The fourth-order valence-corrected chi connectivity index (χ4v) is 2.25. The number of hydrogen-bond acceptors (Lipinski definition) is 1. The van der Waals surface area contributed by atoms with Gasteiger partial charge in [-0.2, -0.15) is 0 Å². The van der Waals surface area contributed by atoms with Gasteiger partial charge >= 0.3 is 0 Å². The van der Waals surface area contributed by atoms with Crippen LogP contribution in [0.5, 0.6) is 5.75 Å². The van der Waals surface area contributed by atoms with Crippen LogP contribution in [0, 0.1) is 0 Å². The topological polar surface area (TPSA) is 9.23 Å². The van der Waals surface area contributed by atoms with Gasteiger partial charge in [-0.05, 0) is 60.9 Å². The summed E-state index contributed by atoms with van der Waals surface area (Å²) >= 11 is 0. The fourth-order valence-electron chi connectivity index (χ4n) is 2.25. The summed E-state index contributed by atoms with van der Waals surface area (Å²) in [6.45, 7) is 14.3. The van der Waals surface area contributed by atoms with Gasteiger partial charge in [0.25, 0.3) is 0 Å². The highest BCUT2D eigenvalue weighted by atomic mass is 16.5. The van der Waals surface area contributed by atoms with E-state index in [1.54, 1.807) is 7.11 Å². The van der Waals surface area contributed by atoms with E-state index in [1.807, 2.05) is 26.8 Å². The Hall–Kier alpha value is -2.28. The number of hydrogen-bond donors (Lipinski definition) is 0. The smallest absolute Gasteiger partial charge is 0.119 e. The number of fused-ring (bicyclic) bond motifs is 1. The minimum absolute atomic E-state index is 0.885. The van der Waals surface area contributed by atoms with Crippen molar-refractivity contribution in [2.75, 3.05) is 7.11 Å². The lowest BCUT2D eigenvalue weighted by Gasteiger charge is -2.09. The lowest BCUT2D eigenvalue weighted by molar-refractivity contribution is 0.415. The van der Waals surface area contributed by atoms with Crippen molar-refractivity contribution in [2.45, 2.75) is 34.6 Å². The molecule has 0 aliphatic rings. The minimum atomic E-state index is 0.885. The predicted molar refractivity (Wildman–Crippen MR) is 104 cm³/mol. The van der Waals surface area contributed by atoms with Crippen LogP contribution in [-0.4, -0.2) is 7.11 Å². The molecule has 0 spiro atoms. The molecular weight excluding hydrogens is 280 g/mol. The Labute approximate surface area is 141 Å². The molecule has 1 heteroatoms. The molecule has 0 saturated heterocycles. The third-order valence-corrected chi connectivity index (χ3v) is 3.40. The van der Waals surface area contributed by atoms with Gasteiger partial charge in [-0.25, -0.2) is 0 Å². The van der Waals surface area contributed by atoms with Gasteiger partial charge in [-0.15, -0.1) is 0 Å². The molecule has 23 heavy (non-hydrogen) atoms. The van der Waals surface area contributed by atoms with E-state index in [1.165, 1.54) is 27.5 Å². The zero-order chi connectivity index (χ0) is 17.4. The van der Waals surface area contributed by atoms with E-state index >= 15 is 0 Å². The maximum absolute atomic E-state index is 5.27. The van der Waals surface area contributed by atoms with Crippen LogP contribution < -0.4 is 4.74 Å². The van der Waals surface area contributed by atoms with Crippen molar-refractivity contribution in [3.63, 3.8) is 0 Å². The molecule has 0 aromatic heterocycles. The SMILES string of the molecule is C=C(C)/C(=C\C=C(C)C)c1ccc2cc(OC)ccc2c1.CC. The van der Waals surface area contributed by atoms with Crippen molar-refractivity contribution in [1.29, 1.82) is 0 Å². The molecule has 0 amide bonds. The monoisotopic (exact) mass is 308 g/mol. The maximum Gasteiger partial charge on any atom is 0.119 e. The third kappa shape index (κ3) is 5.14. The van der Waals surface area contributed by atoms with Crippen LogP contribution in [0.3, 0.4) is 0 Å². The summed E-state index contributed by atoms with van der Waals surface area (Å²) in [4.78, 5) is 0. The molecule has 1 nitrogen and oxygen atoms in total. The molecule has 2 rings (SSSR count). The molecule has 2 aromatic rings. The molecule has 0 aliphatic heterocycles. The number of benzene rings is 2. The summed E-state index contributed by atoms with van der Waals surface area (Å²) in [7, 11) is 1.69. The van der Waals surface area contributed by atoms with Crippen molar-refractivity contribution in [3.05, 3.63) is 71.8 Å². The summed E-state index contributed by atoms with van der Waals surface area (Å²) in [6, 6.07) is 12.6. The Kier molecular flexibility index (Phi) is 7.34. The van der Waals surface area contributed by atoms with E-state index in [0.717, 1.165) is 11.3 Å². The van der Waals surface area contributed by atoms with Gasteiger partial charge in [0, 0.05) is 0 Å². The quantitative estimate of drug-likeness (QED) is 0.564. The predicted octanol–water partition coefficient (Wildman–Crippen LogP) is 6.80. The van der Waals surface area contributed by atoms with Gasteiger partial charge in [-0.3, -0.25) is 0 Å². The number of methoxy groups -OCH3 is 1. The second kappa shape index (κ2) is 8.99. The second-order valence-corrected chi connectivity index (χ2v) is 5.53. The Morgan fingerprint density at radius 2 is 1.52 bits per heavy atom. The summed E-state index contributed by atoms with van der Waals surface area (Å²) in [5.41, 5.74) is 4.71. The molecule has 0 fully saturated rings. The molecule has 0 atom stereocenters. The van der Waals surface area contributed by atoms with Crippen LogP contribution in [0.25, 0.3) is 16.3 Å². The van der Waals surface area contributed by atoms with Crippen molar-refractivity contribution < 1.29 is 4.74 Å². The van der Waals surface area contributed by atoms with E-state index in [-0.39, 0.29) is 0 Å². The second-order valence-electron chi connectivity index (χ2n) is 5.53. The molecule has 0 N–H and O–H groups in total. The van der Waals surface area contributed by atoms with Crippen molar-refractivity contribution >= 4 is 16.3 Å². The van der Waals surface area contributed by atoms with Crippen LogP contribution in [0.15, 0.2) is 66.3 Å². The normalized spacial score (nSPS) is 10.6. The Morgan fingerprint density at radius 3 is 2.09 bits per heavy atom. The Morgan fingerprint density at radius 1 is 0.913 bits per heavy atom. The van der Waals surface area contributed by atoms with Crippen molar-refractivity contribution in [2.24, 2.45) is 0 Å². The van der Waals surface area contributed by atoms with Crippen LogP contribution in [0.1, 0.15) is 40.2 Å². The Bertz CT molecular complexity index is 729. The summed E-state index contributed by atoms with van der Waals surface area (Å²) in [5.74, 6) is 0.885. The first-order chi connectivity index (χ1) is 11.0. The first-order valence-electron chi connectivity index (χ1n) is 8.10. The summed E-state index contributed by atoms with van der Waals surface area (Å²) < 4.78 is 5.27. The van der Waals surface area contributed by atoms with Crippen LogP contribution in [-0.2, 0) is 0 Å². The molecular formula is C22H28O. The third-order valence-electron chi connectivity index (χ3n) is 3.40. The summed E-state index contributed by atoms with van der Waals surface area (Å²) in [6.07, 6.45) is 4.27. The van der Waals surface area contributed by atoms with E-state index in [4.69, 9.17) is 4.74 Å². The van der Waals surface area contributed by atoms with E-state index in [0.29, 0.717) is 0 Å². The molecule has 0 saturated carbocycles. The average molecular weight is 308 g/mol. The van der Waals surface area contributed by atoms with Crippen LogP contribution >= 0.6 is 0 Å². The van der Waals surface area contributed by atoms with E-state index in [2.05, 4.69) is 62.9 Å². The zero-order valence-electron chi connectivity index (χ0n) is 15.2. The standard InChI is InChI=1S/C20H22O.C2H6/c1-14(2)6-11-20(15(3)4)18-8-7-17-13-19(21-5)10-9-16(17)12-18;1-2/h6-13H,3H2,1-2,4-5H3;1-2H3/b20-11+;. The van der Waals surface area contributed by atoms with E-state index in [9.17, 15) is 0 Å². The molecule has 0 radical (unpaired) electrons. The molecule has 0 heterocycles. The molecule has 122 valence electrons. The zero-order valence-corrected chi connectivity index (χ0v) is 15.2. The number of rotatable bonds is 4. The van der Waals surface area contributed by atoms with Crippen molar-refractivity contribution in [1.82, 2.24) is 0 Å². The van der Waals surface area contributed by atoms with Gasteiger partial charge in [0.15, 0.2) is 0 Å². The average Bonchev–Trinajstić information content (AvgIpc) is 2.55. The summed E-state index contributed by atoms with van der Waals surface area (Å²) in [5, 5.41) is 2.39. The molecule has 0 aliphatic carbocycles. The van der Waals surface area contributed by atoms with Crippen molar-refractivity contribution in [3.8, 4) is 5.75 Å². The molecule has 2 aromatic carbocycles. The van der Waals surface area contributed by atoms with Gasteiger partial charge in [-0.1, -0.05) is 61.9 Å². The fraction of sp³-hybridized carbons (Fsp3) is 0.273. The Balaban J connectivity index is 0.00000127. The lowest BCUT2D eigenvalue weighted by Crippen LogP contribution is -1.87. The van der Waals surface area contributed by atoms with Crippen LogP contribution in [0.4, 0.5) is 0 Å². The highest BCUT2D eigenvalue weighted by Crippen LogP contribution is 2.27. The number of allylic oxidation sites excluding steroid dienone is 5. The molecule has 0 bridgehead atoms. The number of ether oxygens (including phenoxy) is 1. The van der Waals surface area contributed by atoms with Gasteiger partial charge in [0.1, 0.15) is 5.75 Å².